The van der Waals surface area contributed by atoms with Crippen molar-refractivity contribution in [1.29, 1.82) is 0 Å². The molecular weight excluding hydrogens is 451 g/mol. The Balaban J connectivity index is 0.00000364. The maximum atomic E-state index is 12.0. The van der Waals surface area contributed by atoms with Gasteiger partial charge in [0.25, 0.3) is 0 Å². The number of guanidine groups is 1. The highest BCUT2D eigenvalue weighted by molar-refractivity contribution is 14.0. The normalized spacial score (nSPS) is 20.6. The molecule has 0 spiro atoms. The van der Waals surface area contributed by atoms with Crippen LogP contribution in [0.1, 0.15) is 45.6 Å². The molecule has 2 unspecified atom stereocenters. The van der Waals surface area contributed by atoms with E-state index in [2.05, 4.69) is 59.7 Å². The van der Waals surface area contributed by atoms with Crippen LogP contribution < -0.4 is 10.6 Å². The predicted octanol–water partition coefficient (Wildman–Crippen LogP) is 3.47. The largest absolute Gasteiger partial charge is 0.359 e. The van der Waals surface area contributed by atoms with Gasteiger partial charge < -0.3 is 15.5 Å². The second-order valence-corrected chi connectivity index (χ2v) is 7.86. The highest BCUT2D eigenvalue weighted by Gasteiger charge is 2.30. The van der Waals surface area contributed by atoms with Gasteiger partial charge in [-0.1, -0.05) is 37.3 Å². The topological polar surface area (TPSA) is 56.7 Å². The van der Waals surface area contributed by atoms with Crippen LogP contribution in [0.25, 0.3) is 0 Å². The highest BCUT2D eigenvalue weighted by Crippen LogP contribution is 2.32. The van der Waals surface area contributed by atoms with Crippen LogP contribution in [-0.4, -0.2) is 50.0 Å². The lowest BCUT2D eigenvalue weighted by Crippen LogP contribution is -2.48. The summed E-state index contributed by atoms with van der Waals surface area (Å²) in [5, 5.41) is 6.13. The number of nitrogens with one attached hydrogen (secondary N) is 2. The summed E-state index contributed by atoms with van der Waals surface area (Å²) in [7, 11) is 1.68. The molecule has 1 aromatic carbocycles. The number of benzene rings is 1. The zero-order valence-corrected chi connectivity index (χ0v) is 19.6. The molecule has 0 radical (unpaired) electrons. The maximum Gasteiger partial charge on any atom is 0.227 e. The second kappa shape index (κ2) is 10.9. The Labute approximate surface area is 181 Å². The number of hydrogen-bond donors (Lipinski definition) is 2. The number of carbonyl (C=O) groups excluding carboxylic acids is 1. The van der Waals surface area contributed by atoms with Gasteiger partial charge in [-0.25, -0.2) is 0 Å². The Morgan fingerprint density at radius 1 is 1.30 bits per heavy atom. The van der Waals surface area contributed by atoms with E-state index in [0.717, 1.165) is 32.0 Å². The zero-order valence-electron chi connectivity index (χ0n) is 17.3. The smallest absolute Gasteiger partial charge is 0.227 e. The summed E-state index contributed by atoms with van der Waals surface area (Å²) in [6, 6.07) is 10.8. The van der Waals surface area contributed by atoms with Gasteiger partial charge in [0.2, 0.25) is 5.91 Å². The number of aliphatic imine (C=N–C) groups is 1. The molecule has 5 nitrogen and oxygen atoms in total. The fourth-order valence-electron chi connectivity index (χ4n) is 3.64. The van der Waals surface area contributed by atoms with Crippen LogP contribution in [0.4, 0.5) is 0 Å². The van der Waals surface area contributed by atoms with Gasteiger partial charge in [0.05, 0.1) is 12.0 Å². The van der Waals surface area contributed by atoms with Crippen LogP contribution in [0.3, 0.4) is 0 Å². The van der Waals surface area contributed by atoms with Gasteiger partial charge in [-0.3, -0.25) is 9.79 Å². The molecule has 1 aromatic rings. The lowest BCUT2D eigenvalue weighted by molar-refractivity contribution is -0.128. The molecule has 0 bridgehead atoms. The summed E-state index contributed by atoms with van der Waals surface area (Å²) in [4.78, 5) is 19.1. The van der Waals surface area contributed by atoms with Crippen molar-refractivity contribution in [3.8, 4) is 0 Å². The third-order valence-electron chi connectivity index (χ3n) is 5.23. The lowest BCUT2D eigenvalue weighted by atomic mass is 9.82. The van der Waals surface area contributed by atoms with Crippen molar-refractivity contribution in [1.82, 2.24) is 15.5 Å². The van der Waals surface area contributed by atoms with Gasteiger partial charge >= 0.3 is 0 Å². The number of hydrogen-bond acceptors (Lipinski definition) is 2. The molecule has 1 aliphatic rings. The van der Waals surface area contributed by atoms with Gasteiger partial charge in [-0.05, 0) is 44.6 Å². The molecule has 0 aromatic heterocycles. The van der Waals surface area contributed by atoms with E-state index in [4.69, 9.17) is 4.99 Å². The molecule has 2 atom stereocenters. The van der Waals surface area contributed by atoms with E-state index in [9.17, 15) is 4.79 Å². The Hall–Kier alpha value is -1.31. The van der Waals surface area contributed by atoms with Gasteiger partial charge in [-0.2, -0.15) is 0 Å². The van der Waals surface area contributed by atoms with Crippen molar-refractivity contribution in [2.75, 3.05) is 33.2 Å². The van der Waals surface area contributed by atoms with Crippen LogP contribution >= 0.6 is 24.0 Å². The predicted molar refractivity (Wildman–Crippen MR) is 124 cm³/mol. The number of carbonyl (C=O) groups is 1. The molecule has 27 heavy (non-hydrogen) atoms. The molecule has 0 saturated carbocycles. The molecule has 1 aliphatic heterocycles. The van der Waals surface area contributed by atoms with E-state index < -0.39 is 5.41 Å². The molecule has 152 valence electrons. The van der Waals surface area contributed by atoms with Crippen LogP contribution in [-0.2, 0) is 4.79 Å². The van der Waals surface area contributed by atoms with E-state index in [1.54, 1.807) is 7.05 Å². The maximum absolute atomic E-state index is 12.0. The summed E-state index contributed by atoms with van der Waals surface area (Å²) < 4.78 is 0. The minimum atomic E-state index is -0.511. The first-order valence-corrected chi connectivity index (χ1v) is 9.69. The van der Waals surface area contributed by atoms with Crippen LogP contribution in [0.5, 0.6) is 0 Å². The van der Waals surface area contributed by atoms with E-state index in [1.165, 1.54) is 5.56 Å². The second-order valence-electron chi connectivity index (χ2n) is 7.86. The van der Waals surface area contributed by atoms with Crippen LogP contribution in [0, 0.1) is 11.3 Å². The summed E-state index contributed by atoms with van der Waals surface area (Å²) in [6.07, 6.45) is 1.12. The Kier molecular flexibility index (Phi) is 9.56. The number of likely N-dealkylation sites (tertiary alicyclic amines) is 1. The molecule has 1 fully saturated rings. The van der Waals surface area contributed by atoms with Crippen molar-refractivity contribution >= 4 is 35.8 Å². The monoisotopic (exact) mass is 486 g/mol. The van der Waals surface area contributed by atoms with Gasteiger partial charge in [-0.15, -0.1) is 24.0 Å². The first-order chi connectivity index (χ1) is 12.4. The average Bonchev–Trinajstić information content (AvgIpc) is 2.65. The summed E-state index contributed by atoms with van der Waals surface area (Å²) in [6.45, 7) is 11.5. The molecular formula is C21H35IN4O. The van der Waals surface area contributed by atoms with Crippen molar-refractivity contribution in [2.45, 2.75) is 40.0 Å². The Bertz CT molecular complexity index is 618. The SMILES string of the molecule is CCNC(=NCC(C)(C)C(=O)NC)N1CCC(c2ccccc2)C(C)C1.I. The lowest BCUT2D eigenvalue weighted by Gasteiger charge is -2.39. The van der Waals surface area contributed by atoms with Gasteiger partial charge in [0.1, 0.15) is 0 Å². The van der Waals surface area contributed by atoms with Crippen molar-refractivity contribution in [2.24, 2.45) is 16.3 Å². The number of piperidine rings is 1. The molecule has 1 saturated heterocycles. The van der Waals surface area contributed by atoms with E-state index >= 15 is 0 Å². The summed E-state index contributed by atoms with van der Waals surface area (Å²) in [5.74, 6) is 2.09. The van der Waals surface area contributed by atoms with Crippen molar-refractivity contribution < 1.29 is 4.79 Å². The molecule has 1 heterocycles. The van der Waals surface area contributed by atoms with Gasteiger partial charge in [0, 0.05) is 26.7 Å². The molecule has 6 heteroatoms. The third kappa shape index (κ3) is 6.36. The first-order valence-electron chi connectivity index (χ1n) is 9.69. The fraction of sp³-hybridized carbons (Fsp3) is 0.619. The number of nitrogens with zero attached hydrogens (tertiary/aromatic N) is 2. The van der Waals surface area contributed by atoms with Crippen LogP contribution in [0.2, 0.25) is 0 Å². The van der Waals surface area contributed by atoms with E-state index in [0.29, 0.717) is 18.4 Å². The number of rotatable bonds is 5. The van der Waals surface area contributed by atoms with Crippen molar-refractivity contribution in [3.05, 3.63) is 35.9 Å². The number of halogens is 1. The Morgan fingerprint density at radius 3 is 2.52 bits per heavy atom. The van der Waals surface area contributed by atoms with E-state index in [1.807, 2.05) is 13.8 Å². The fourth-order valence-corrected chi connectivity index (χ4v) is 3.64. The minimum Gasteiger partial charge on any atom is -0.359 e. The minimum absolute atomic E-state index is 0. The Morgan fingerprint density at radius 2 is 1.96 bits per heavy atom. The summed E-state index contributed by atoms with van der Waals surface area (Å²) in [5.41, 5.74) is 0.922. The summed E-state index contributed by atoms with van der Waals surface area (Å²) >= 11 is 0. The third-order valence-corrected chi connectivity index (χ3v) is 5.23. The average molecular weight is 486 g/mol. The molecule has 0 aliphatic carbocycles. The van der Waals surface area contributed by atoms with Gasteiger partial charge in [0.15, 0.2) is 5.96 Å². The molecule has 2 N–H and O–H groups in total. The number of amides is 1. The molecule has 1 amide bonds. The van der Waals surface area contributed by atoms with Crippen LogP contribution in [0.15, 0.2) is 35.3 Å². The zero-order chi connectivity index (χ0) is 19.2. The van der Waals surface area contributed by atoms with E-state index in [-0.39, 0.29) is 29.9 Å². The first kappa shape index (κ1) is 23.7. The molecule has 2 rings (SSSR count). The van der Waals surface area contributed by atoms with Crippen molar-refractivity contribution in [3.63, 3.8) is 0 Å². The standard InChI is InChI=1S/C21H34N4O.HI/c1-6-23-20(24-15-21(3,4)19(26)22-5)25-13-12-18(16(2)14-25)17-10-8-7-9-11-17;/h7-11,16,18H,6,12-15H2,1-5H3,(H,22,26)(H,23,24);1H. The highest BCUT2D eigenvalue weighted by atomic mass is 127. The quantitative estimate of drug-likeness (QED) is 0.381.